The number of carbonyl (C=O) groups excluding carboxylic acids is 3. The number of unbranched alkanes of at least 4 members (excludes halogenated alkanes) is 4. The van der Waals surface area contributed by atoms with E-state index in [1.165, 1.54) is 0 Å². The van der Waals surface area contributed by atoms with Crippen LogP contribution in [0.1, 0.15) is 90.9 Å². The van der Waals surface area contributed by atoms with Gasteiger partial charge in [0, 0.05) is 25.5 Å². The number of amides is 2. The lowest BCUT2D eigenvalue weighted by molar-refractivity contribution is -0.147. The number of rotatable bonds is 13. The zero-order valence-electron chi connectivity index (χ0n) is 20.1. The quantitative estimate of drug-likeness (QED) is 0.309. The number of ether oxygens (including phenoxy) is 2. The number of hydrogen-bond acceptors (Lipinski definition) is 7. The normalized spacial score (nSPS) is 22.8. The molecular formula is C25H40N2O6. The highest BCUT2D eigenvalue weighted by Crippen LogP contribution is 2.29. The lowest BCUT2D eigenvalue weighted by atomic mass is 9.90. The molecule has 0 aromatic rings. The molecule has 0 radical (unpaired) electrons. The van der Waals surface area contributed by atoms with Crippen LogP contribution in [0.4, 0.5) is 0 Å². The van der Waals surface area contributed by atoms with E-state index in [-0.39, 0.29) is 41.8 Å². The Morgan fingerprint density at radius 1 is 1.15 bits per heavy atom. The largest absolute Gasteiger partial charge is 0.510 e. The van der Waals surface area contributed by atoms with Gasteiger partial charge in [0.15, 0.2) is 5.70 Å². The first-order valence-corrected chi connectivity index (χ1v) is 12.5. The van der Waals surface area contributed by atoms with Crippen LogP contribution in [-0.4, -0.2) is 48.4 Å². The zero-order chi connectivity index (χ0) is 24.1. The molecule has 2 N–H and O–H groups in total. The van der Waals surface area contributed by atoms with Gasteiger partial charge in [0.2, 0.25) is 5.91 Å². The monoisotopic (exact) mass is 464 g/mol. The lowest BCUT2D eigenvalue weighted by Crippen LogP contribution is -2.31. The predicted octanol–water partition coefficient (Wildman–Crippen LogP) is 4.38. The molecule has 2 rings (SSSR count). The summed E-state index contributed by atoms with van der Waals surface area (Å²) < 4.78 is 11.1. The Bertz CT molecular complexity index is 718. The molecule has 0 bridgehead atoms. The van der Waals surface area contributed by atoms with Gasteiger partial charge in [-0.05, 0) is 43.9 Å². The number of aliphatic imine (C=N–C) groups is 1. The summed E-state index contributed by atoms with van der Waals surface area (Å²) in [7, 11) is 0. The van der Waals surface area contributed by atoms with Crippen molar-refractivity contribution in [1.29, 1.82) is 0 Å². The second-order valence-electron chi connectivity index (χ2n) is 9.14. The van der Waals surface area contributed by atoms with Crippen LogP contribution in [-0.2, 0) is 23.9 Å². The number of esters is 1. The molecule has 186 valence electrons. The summed E-state index contributed by atoms with van der Waals surface area (Å²) in [6.07, 6.45) is 10.6. The number of aliphatic hydroxyl groups excluding tert-OH is 1. The summed E-state index contributed by atoms with van der Waals surface area (Å²) in [6, 6.07) is 0. The number of aliphatic hydroxyl groups is 1. The van der Waals surface area contributed by atoms with Gasteiger partial charge in [-0.15, -0.1) is 0 Å². The van der Waals surface area contributed by atoms with Crippen LogP contribution < -0.4 is 5.32 Å². The number of nitrogens with one attached hydrogen (secondary N) is 1. The van der Waals surface area contributed by atoms with E-state index in [0.717, 1.165) is 51.4 Å². The maximum atomic E-state index is 12.4. The summed E-state index contributed by atoms with van der Waals surface area (Å²) in [5.74, 6) is -0.823. The Kier molecular flexibility index (Phi) is 12.1. The molecule has 0 saturated carbocycles. The van der Waals surface area contributed by atoms with Crippen LogP contribution in [0.25, 0.3) is 0 Å². The molecule has 0 aromatic heterocycles. The minimum absolute atomic E-state index is 0.0723. The summed E-state index contributed by atoms with van der Waals surface area (Å²) in [6.45, 7) is 5.03. The average Bonchev–Trinajstić information content (AvgIpc) is 3.15. The molecule has 8 nitrogen and oxygen atoms in total. The van der Waals surface area contributed by atoms with E-state index in [9.17, 15) is 19.5 Å². The number of imide groups is 1. The second kappa shape index (κ2) is 14.8. The molecule has 1 unspecified atom stereocenters. The fourth-order valence-corrected chi connectivity index (χ4v) is 4.19. The van der Waals surface area contributed by atoms with Gasteiger partial charge in [0.25, 0.3) is 5.91 Å². The third kappa shape index (κ3) is 10.1. The summed E-state index contributed by atoms with van der Waals surface area (Å²) in [5.41, 5.74) is -0.0723. The van der Waals surface area contributed by atoms with Crippen molar-refractivity contribution in [3.05, 3.63) is 11.5 Å². The highest BCUT2D eigenvalue weighted by atomic mass is 16.6. The van der Waals surface area contributed by atoms with Crippen LogP contribution in [0.2, 0.25) is 0 Å². The molecule has 3 atom stereocenters. The number of allylic oxidation sites excluding steroid dienone is 1. The molecule has 1 fully saturated rings. The van der Waals surface area contributed by atoms with Gasteiger partial charge in [-0.25, -0.2) is 0 Å². The molecule has 0 aromatic carbocycles. The highest BCUT2D eigenvalue weighted by molar-refractivity contribution is 6.05. The van der Waals surface area contributed by atoms with E-state index in [1.807, 2.05) is 6.92 Å². The molecule has 2 amide bonds. The topological polar surface area (TPSA) is 114 Å². The van der Waals surface area contributed by atoms with Crippen molar-refractivity contribution < 1.29 is 29.0 Å². The Hall–Kier alpha value is -2.22. The second-order valence-corrected chi connectivity index (χ2v) is 9.14. The fourth-order valence-electron chi connectivity index (χ4n) is 4.19. The molecule has 0 aliphatic carbocycles. The minimum Gasteiger partial charge on any atom is -0.510 e. The highest BCUT2D eigenvalue weighted by Gasteiger charge is 2.29. The maximum absolute atomic E-state index is 12.4. The Morgan fingerprint density at radius 3 is 2.61 bits per heavy atom. The van der Waals surface area contributed by atoms with Crippen LogP contribution >= 0.6 is 0 Å². The molecule has 8 heteroatoms. The van der Waals surface area contributed by atoms with Gasteiger partial charge in [-0.3, -0.25) is 24.7 Å². The Morgan fingerprint density at radius 2 is 1.88 bits per heavy atom. The van der Waals surface area contributed by atoms with Crippen LogP contribution in [0, 0.1) is 11.8 Å². The summed E-state index contributed by atoms with van der Waals surface area (Å²) >= 11 is 0. The number of carbonyl (C=O) groups is 3. The van der Waals surface area contributed by atoms with Crippen molar-refractivity contribution in [1.82, 2.24) is 5.32 Å². The molecule has 2 heterocycles. The molecule has 2 aliphatic heterocycles. The van der Waals surface area contributed by atoms with Crippen LogP contribution in [0.3, 0.4) is 0 Å². The molecule has 2 aliphatic rings. The molecule has 33 heavy (non-hydrogen) atoms. The van der Waals surface area contributed by atoms with Gasteiger partial charge in [-0.2, -0.15) is 0 Å². The number of nitrogens with zero attached hydrogens (tertiary/aromatic N) is 1. The summed E-state index contributed by atoms with van der Waals surface area (Å²) in [4.78, 5) is 40.3. The van der Waals surface area contributed by atoms with Gasteiger partial charge >= 0.3 is 5.97 Å². The van der Waals surface area contributed by atoms with Crippen molar-refractivity contribution in [2.75, 3.05) is 13.2 Å². The van der Waals surface area contributed by atoms with E-state index in [2.05, 4.69) is 17.2 Å². The molecule has 0 spiro atoms. The average molecular weight is 465 g/mol. The van der Waals surface area contributed by atoms with Crippen LogP contribution in [0.5, 0.6) is 0 Å². The molecule has 1 saturated heterocycles. The minimum atomic E-state index is -0.643. The van der Waals surface area contributed by atoms with Gasteiger partial charge in [0.05, 0.1) is 12.7 Å². The molecular weight excluding hydrogens is 424 g/mol. The lowest BCUT2D eigenvalue weighted by Gasteiger charge is -2.14. The third-order valence-corrected chi connectivity index (χ3v) is 6.13. The Labute approximate surface area is 197 Å². The first kappa shape index (κ1) is 27.0. The van der Waals surface area contributed by atoms with Crippen LogP contribution in [0.15, 0.2) is 16.4 Å². The van der Waals surface area contributed by atoms with E-state index >= 15 is 0 Å². The van der Waals surface area contributed by atoms with E-state index in [1.54, 1.807) is 6.21 Å². The van der Waals surface area contributed by atoms with E-state index in [0.29, 0.717) is 38.4 Å². The SMILES string of the molecule is CCCCCC(=O)NC(=O)C1=C(O)CCC(C[C@@H]2CO[C@H](COC(=O)CCCCC)C2)C=N1. The Balaban J connectivity index is 1.75. The summed E-state index contributed by atoms with van der Waals surface area (Å²) in [5, 5.41) is 12.6. The smallest absolute Gasteiger partial charge is 0.305 e. The fraction of sp³-hybridized carbons (Fsp3) is 0.760. The van der Waals surface area contributed by atoms with Crippen molar-refractivity contribution in [2.45, 2.75) is 97.0 Å². The first-order chi connectivity index (χ1) is 15.9. The number of hydrogen-bond donors (Lipinski definition) is 2. The van der Waals surface area contributed by atoms with Crippen molar-refractivity contribution in [3.8, 4) is 0 Å². The van der Waals surface area contributed by atoms with E-state index in [4.69, 9.17) is 9.47 Å². The van der Waals surface area contributed by atoms with Crippen molar-refractivity contribution >= 4 is 24.0 Å². The van der Waals surface area contributed by atoms with E-state index < -0.39 is 5.91 Å². The third-order valence-electron chi connectivity index (χ3n) is 6.13. The van der Waals surface area contributed by atoms with Crippen molar-refractivity contribution in [2.24, 2.45) is 16.8 Å². The zero-order valence-corrected chi connectivity index (χ0v) is 20.1. The maximum Gasteiger partial charge on any atom is 0.305 e. The first-order valence-electron chi connectivity index (χ1n) is 12.5. The predicted molar refractivity (Wildman–Crippen MR) is 126 cm³/mol. The van der Waals surface area contributed by atoms with Crippen molar-refractivity contribution in [3.63, 3.8) is 0 Å². The van der Waals surface area contributed by atoms with Gasteiger partial charge in [0.1, 0.15) is 12.4 Å². The van der Waals surface area contributed by atoms with Gasteiger partial charge in [-0.1, -0.05) is 39.5 Å². The standard InChI is InChI=1S/C25H40N2O6/c1-3-5-7-9-22(29)27-25(31)24-21(28)12-11-18(15-26-24)13-19-14-20(32-16-19)17-33-23(30)10-8-6-4-2/h15,18-20,28H,3-14,16-17H2,1-2H3,(H,27,29,31)/t18?,19-,20-/m0/s1. The van der Waals surface area contributed by atoms with Gasteiger partial charge < -0.3 is 14.6 Å².